The number of piperidine rings is 1. The Bertz CT molecular complexity index is 1290. The van der Waals surface area contributed by atoms with Crippen molar-refractivity contribution in [1.29, 1.82) is 0 Å². The number of nitrogens with zero attached hydrogens (tertiary/aromatic N) is 1. The average Bonchev–Trinajstić information content (AvgIpc) is 3.41. The standard InChI is InChI=1S/C32H40N2O3/c1-2-3-4-5-21-36-28-13-11-25-23-27(12-10-26(25)24-28)32(35)15-19-34(20-16-32)18-7-22-37-31-9-6-8-30-29(31)14-17-33-30/h6,8-14,17,23-24,33,35H,2-5,7,15-16,18-22H2,1H3. The number of H-pyrrole nitrogens is 1. The number of fused-ring (bicyclic) bond motifs is 2. The first-order chi connectivity index (χ1) is 18.1. The second kappa shape index (κ2) is 12.0. The monoisotopic (exact) mass is 500 g/mol. The largest absolute Gasteiger partial charge is 0.494 e. The van der Waals surface area contributed by atoms with Gasteiger partial charge in [0.25, 0.3) is 0 Å². The Hall–Kier alpha value is -3.02. The number of aliphatic hydroxyl groups is 1. The SMILES string of the molecule is CCCCCCOc1ccc2cc(C3(O)CCN(CCCOc4cccc5[nH]ccc45)CC3)ccc2c1. The third-order valence-electron chi connectivity index (χ3n) is 7.73. The Morgan fingerprint density at radius 2 is 1.68 bits per heavy atom. The fourth-order valence-electron chi connectivity index (χ4n) is 5.41. The molecule has 4 aromatic rings. The van der Waals surface area contributed by atoms with Crippen LogP contribution in [-0.4, -0.2) is 47.8 Å². The average molecular weight is 501 g/mol. The van der Waals surface area contributed by atoms with Crippen molar-refractivity contribution < 1.29 is 14.6 Å². The van der Waals surface area contributed by atoms with Crippen molar-refractivity contribution >= 4 is 21.7 Å². The van der Waals surface area contributed by atoms with Crippen molar-refractivity contribution in [2.75, 3.05) is 32.8 Å². The zero-order chi connectivity index (χ0) is 25.5. The van der Waals surface area contributed by atoms with Crippen LogP contribution in [-0.2, 0) is 5.60 Å². The van der Waals surface area contributed by atoms with Crippen LogP contribution in [0.25, 0.3) is 21.7 Å². The Morgan fingerprint density at radius 1 is 0.865 bits per heavy atom. The molecule has 0 radical (unpaired) electrons. The minimum absolute atomic E-state index is 0.695. The first-order valence-electron chi connectivity index (χ1n) is 14.0. The van der Waals surface area contributed by atoms with Crippen LogP contribution in [0.1, 0.15) is 57.4 Å². The van der Waals surface area contributed by atoms with Crippen molar-refractivity contribution in [3.63, 3.8) is 0 Å². The lowest BCUT2D eigenvalue weighted by atomic mass is 9.83. The van der Waals surface area contributed by atoms with Crippen LogP contribution < -0.4 is 9.47 Å². The van der Waals surface area contributed by atoms with E-state index in [2.05, 4.69) is 65.3 Å². The maximum atomic E-state index is 11.5. The topological polar surface area (TPSA) is 57.7 Å². The van der Waals surface area contributed by atoms with Gasteiger partial charge in [-0.2, -0.15) is 0 Å². The number of aromatic nitrogens is 1. The van der Waals surface area contributed by atoms with Crippen LogP contribution in [0.3, 0.4) is 0 Å². The molecule has 1 aromatic heterocycles. The van der Waals surface area contributed by atoms with E-state index in [1.165, 1.54) is 19.3 Å². The molecule has 2 N–H and O–H groups in total. The fourth-order valence-corrected chi connectivity index (χ4v) is 5.41. The molecule has 1 fully saturated rings. The van der Waals surface area contributed by atoms with E-state index in [9.17, 15) is 5.11 Å². The second-order valence-electron chi connectivity index (χ2n) is 10.4. The lowest BCUT2D eigenvalue weighted by Crippen LogP contribution is -2.43. The number of rotatable bonds is 12. The van der Waals surface area contributed by atoms with Crippen molar-refractivity contribution in [2.24, 2.45) is 0 Å². The van der Waals surface area contributed by atoms with Crippen LogP contribution in [0.5, 0.6) is 11.5 Å². The first-order valence-corrected chi connectivity index (χ1v) is 14.0. The molecule has 37 heavy (non-hydrogen) atoms. The summed E-state index contributed by atoms with van der Waals surface area (Å²) in [5.74, 6) is 1.87. The molecule has 1 aliphatic heterocycles. The summed E-state index contributed by atoms with van der Waals surface area (Å²) in [6.45, 7) is 6.47. The van der Waals surface area contributed by atoms with Gasteiger partial charge in [-0.15, -0.1) is 0 Å². The summed E-state index contributed by atoms with van der Waals surface area (Å²) in [6, 6.07) is 20.8. The van der Waals surface area contributed by atoms with Gasteiger partial charge in [-0.25, -0.2) is 0 Å². The van der Waals surface area contributed by atoms with Gasteiger partial charge < -0.3 is 24.5 Å². The molecule has 196 valence electrons. The van der Waals surface area contributed by atoms with Crippen LogP contribution in [0.4, 0.5) is 0 Å². The van der Waals surface area contributed by atoms with Gasteiger partial charge in [0.2, 0.25) is 0 Å². The Balaban J connectivity index is 1.10. The highest BCUT2D eigenvalue weighted by Gasteiger charge is 2.33. The van der Waals surface area contributed by atoms with E-state index in [1.807, 2.05) is 18.3 Å². The fraction of sp³-hybridized carbons (Fsp3) is 0.438. The first kappa shape index (κ1) is 25.6. The third-order valence-corrected chi connectivity index (χ3v) is 7.73. The van der Waals surface area contributed by atoms with E-state index in [-0.39, 0.29) is 0 Å². The number of benzene rings is 3. The molecule has 3 aromatic carbocycles. The van der Waals surface area contributed by atoms with Crippen LogP contribution >= 0.6 is 0 Å². The highest BCUT2D eigenvalue weighted by Crippen LogP contribution is 2.35. The van der Waals surface area contributed by atoms with Gasteiger partial charge in [0, 0.05) is 36.7 Å². The number of likely N-dealkylation sites (tertiary alicyclic amines) is 1. The number of hydrogen-bond donors (Lipinski definition) is 2. The zero-order valence-corrected chi connectivity index (χ0v) is 22.0. The predicted molar refractivity (Wildman–Crippen MR) is 152 cm³/mol. The highest BCUT2D eigenvalue weighted by atomic mass is 16.5. The van der Waals surface area contributed by atoms with E-state index in [4.69, 9.17) is 9.47 Å². The molecular formula is C32H40N2O3. The van der Waals surface area contributed by atoms with E-state index in [0.717, 1.165) is 90.7 Å². The second-order valence-corrected chi connectivity index (χ2v) is 10.4. The molecule has 1 saturated heterocycles. The lowest BCUT2D eigenvalue weighted by Gasteiger charge is -2.38. The minimum atomic E-state index is -0.764. The number of ether oxygens (including phenoxy) is 2. The van der Waals surface area contributed by atoms with E-state index >= 15 is 0 Å². The summed E-state index contributed by atoms with van der Waals surface area (Å²) in [7, 11) is 0. The van der Waals surface area contributed by atoms with Crippen molar-refractivity contribution in [2.45, 2.75) is 57.5 Å². The molecule has 0 atom stereocenters. The Morgan fingerprint density at radius 3 is 2.54 bits per heavy atom. The normalized spacial score (nSPS) is 15.8. The summed E-state index contributed by atoms with van der Waals surface area (Å²) >= 11 is 0. The van der Waals surface area contributed by atoms with Gasteiger partial charge in [0.05, 0.1) is 18.8 Å². The molecule has 0 saturated carbocycles. The van der Waals surface area contributed by atoms with Crippen molar-refractivity contribution in [3.8, 4) is 11.5 Å². The lowest BCUT2D eigenvalue weighted by molar-refractivity contribution is -0.0263. The van der Waals surface area contributed by atoms with Gasteiger partial charge in [-0.05, 0) is 78.4 Å². The van der Waals surface area contributed by atoms with E-state index in [1.54, 1.807) is 0 Å². The summed E-state index contributed by atoms with van der Waals surface area (Å²) in [5.41, 5.74) is 1.36. The third kappa shape index (κ3) is 6.28. The van der Waals surface area contributed by atoms with Gasteiger partial charge >= 0.3 is 0 Å². The van der Waals surface area contributed by atoms with Crippen LogP contribution in [0.2, 0.25) is 0 Å². The summed E-state index contributed by atoms with van der Waals surface area (Å²) in [4.78, 5) is 5.67. The molecule has 0 amide bonds. The molecule has 0 unspecified atom stereocenters. The van der Waals surface area contributed by atoms with Gasteiger partial charge in [-0.1, -0.05) is 50.5 Å². The van der Waals surface area contributed by atoms with Crippen LogP contribution in [0, 0.1) is 0 Å². The molecule has 2 heterocycles. The number of unbranched alkanes of at least 4 members (excludes halogenated alkanes) is 3. The molecule has 0 spiro atoms. The maximum Gasteiger partial charge on any atom is 0.128 e. The molecule has 5 nitrogen and oxygen atoms in total. The molecule has 5 heteroatoms. The molecule has 1 aliphatic rings. The highest BCUT2D eigenvalue weighted by molar-refractivity contribution is 5.86. The van der Waals surface area contributed by atoms with Crippen molar-refractivity contribution in [3.05, 3.63) is 72.4 Å². The zero-order valence-electron chi connectivity index (χ0n) is 22.0. The molecular weight excluding hydrogens is 460 g/mol. The summed E-state index contributed by atoms with van der Waals surface area (Å²) in [6.07, 6.45) is 9.26. The smallest absolute Gasteiger partial charge is 0.128 e. The Labute approximate surface area is 220 Å². The number of nitrogens with one attached hydrogen (secondary N) is 1. The molecule has 0 aliphatic carbocycles. The van der Waals surface area contributed by atoms with E-state index in [0.29, 0.717) is 6.61 Å². The van der Waals surface area contributed by atoms with E-state index < -0.39 is 5.60 Å². The molecule has 0 bridgehead atoms. The van der Waals surface area contributed by atoms with Crippen LogP contribution in [0.15, 0.2) is 66.9 Å². The van der Waals surface area contributed by atoms with Gasteiger partial charge in [0.1, 0.15) is 11.5 Å². The molecule has 5 rings (SSSR count). The van der Waals surface area contributed by atoms with Gasteiger partial charge in [-0.3, -0.25) is 0 Å². The predicted octanol–water partition coefficient (Wildman–Crippen LogP) is 7.03. The number of hydrogen-bond acceptors (Lipinski definition) is 4. The summed E-state index contributed by atoms with van der Waals surface area (Å²) in [5, 5.41) is 14.9. The number of aromatic amines is 1. The summed E-state index contributed by atoms with van der Waals surface area (Å²) < 4.78 is 12.0. The van der Waals surface area contributed by atoms with Gasteiger partial charge in [0.15, 0.2) is 0 Å². The quantitative estimate of drug-likeness (QED) is 0.205. The van der Waals surface area contributed by atoms with Crippen molar-refractivity contribution in [1.82, 2.24) is 9.88 Å². The Kier molecular flexibility index (Phi) is 8.32. The maximum absolute atomic E-state index is 11.5. The minimum Gasteiger partial charge on any atom is -0.494 e.